The summed E-state index contributed by atoms with van der Waals surface area (Å²) in [5, 5.41) is 0. The van der Waals surface area contributed by atoms with E-state index < -0.39 is 5.67 Å². The van der Waals surface area contributed by atoms with Gasteiger partial charge in [0.15, 0.2) is 0 Å². The zero-order valence-corrected chi connectivity index (χ0v) is 11.0. The zero-order chi connectivity index (χ0) is 12.3. The summed E-state index contributed by atoms with van der Waals surface area (Å²) in [4.78, 5) is 0. The van der Waals surface area contributed by atoms with Gasteiger partial charge in [-0.3, -0.25) is 0 Å². The predicted molar refractivity (Wildman–Crippen MR) is 68.3 cm³/mol. The van der Waals surface area contributed by atoms with E-state index in [1.807, 2.05) is 45.0 Å². The molecular formula is C15H23F. The van der Waals surface area contributed by atoms with Gasteiger partial charge in [-0.2, -0.15) is 0 Å². The zero-order valence-electron chi connectivity index (χ0n) is 11.0. The molecule has 0 heterocycles. The van der Waals surface area contributed by atoms with Crippen LogP contribution >= 0.6 is 0 Å². The summed E-state index contributed by atoms with van der Waals surface area (Å²) in [5.74, 6) is 0.381. The van der Waals surface area contributed by atoms with Gasteiger partial charge in [0.25, 0.3) is 0 Å². The van der Waals surface area contributed by atoms with E-state index in [1.165, 1.54) is 5.56 Å². The largest absolute Gasteiger partial charge is 0.238 e. The molecule has 1 aromatic rings. The summed E-state index contributed by atoms with van der Waals surface area (Å²) in [6, 6.07) is 7.84. The highest BCUT2D eigenvalue weighted by molar-refractivity contribution is 5.27. The molecule has 1 rings (SSSR count). The normalized spacial score (nSPS) is 15.5. The molecule has 0 spiro atoms. The van der Waals surface area contributed by atoms with Gasteiger partial charge in [-0.15, -0.1) is 0 Å². The smallest absolute Gasteiger partial charge is 0.138 e. The number of aryl methyl sites for hydroxylation is 1. The van der Waals surface area contributed by atoms with Crippen LogP contribution in [-0.2, 0) is 5.67 Å². The average Bonchev–Trinajstić information content (AvgIpc) is 2.17. The molecule has 1 unspecified atom stereocenters. The topological polar surface area (TPSA) is 0 Å². The van der Waals surface area contributed by atoms with E-state index in [9.17, 15) is 0 Å². The van der Waals surface area contributed by atoms with Crippen molar-refractivity contribution < 1.29 is 4.39 Å². The van der Waals surface area contributed by atoms with Gasteiger partial charge < -0.3 is 0 Å². The first-order chi connectivity index (χ1) is 7.36. The average molecular weight is 222 g/mol. The molecule has 0 bridgehead atoms. The highest BCUT2D eigenvalue weighted by atomic mass is 19.1. The summed E-state index contributed by atoms with van der Waals surface area (Å²) in [7, 11) is 0. The lowest BCUT2D eigenvalue weighted by Gasteiger charge is -2.31. The van der Waals surface area contributed by atoms with Gasteiger partial charge in [0.05, 0.1) is 0 Å². The molecule has 0 saturated carbocycles. The van der Waals surface area contributed by atoms with Crippen LogP contribution in [0.5, 0.6) is 0 Å². The minimum atomic E-state index is -1.19. The van der Waals surface area contributed by atoms with Gasteiger partial charge in [-0.25, -0.2) is 4.39 Å². The van der Waals surface area contributed by atoms with Crippen LogP contribution in [-0.4, -0.2) is 0 Å². The van der Waals surface area contributed by atoms with Gasteiger partial charge in [0.2, 0.25) is 0 Å². The van der Waals surface area contributed by atoms with Crippen LogP contribution < -0.4 is 0 Å². The molecular weight excluding hydrogens is 199 g/mol. The Morgan fingerprint density at radius 3 is 1.94 bits per heavy atom. The van der Waals surface area contributed by atoms with Gasteiger partial charge >= 0.3 is 0 Å². The van der Waals surface area contributed by atoms with Crippen LogP contribution in [0.25, 0.3) is 0 Å². The number of hydrogen-bond acceptors (Lipinski definition) is 0. The monoisotopic (exact) mass is 222 g/mol. The van der Waals surface area contributed by atoms with Gasteiger partial charge in [-0.05, 0) is 30.7 Å². The molecule has 0 aliphatic carbocycles. The highest BCUT2D eigenvalue weighted by Crippen LogP contribution is 2.39. The quantitative estimate of drug-likeness (QED) is 0.682. The van der Waals surface area contributed by atoms with E-state index in [1.54, 1.807) is 0 Å². The molecule has 1 aromatic carbocycles. The highest BCUT2D eigenvalue weighted by Gasteiger charge is 2.36. The van der Waals surface area contributed by atoms with E-state index in [2.05, 4.69) is 13.8 Å². The molecule has 0 saturated heterocycles. The Morgan fingerprint density at radius 2 is 1.56 bits per heavy atom. The van der Waals surface area contributed by atoms with E-state index in [0.717, 1.165) is 5.56 Å². The molecule has 0 radical (unpaired) electrons. The van der Waals surface area contributed by atoms with Crippen LogP contribution in [0.3, 0.4) is 0 Å². The fraction of sp³-hybridized carbons (Fsp3) is 0.600. The number of rotatable bonds is 4. The number of hydrogen-bond donors (Lipinski definition) is 0. The molecule has 90 valence electrons. The Labute approximate surface area is 98.9 Å². The standard InChI is InChI=1S/C15H23F/c1-11(2)10-15(16,12(3)4)14-8-6-13(5)7-9-14/h6-9,11-12H,10H2,1-5H3. The van der Waals surface area contributed by atoms with Gasteiger partial charge in [0.1, 0.15) is 5.67 Å². The SMILES string of the molecule is Cc1ccc(C(F)(CC(C)C)C(C)C)cc1. The molecule has 0 amide bonds. The number of alkyl halides is 1. The Hall–Kier alpha value is -0.850. The summed E-state index contributed by atoms with van der Waals surface area (Å²) in [6.07, 6.45) is 0.591. The van der Waals surface area contributed by atoms with E-state index in [4.69, 9.17) is 0 Å². The second-order valence-electron chi connectivity index (χ2n) is 5.48. The molecule has 0 nitrogen and oxygen atoms in total. The molecule has 0 fully saturated rings. The maximum absolute atomic E-state index is 15.0. The molecule has 0 aliphatic rings. The number of halogens is 1. The van der Waals surface area contributed by atoms with Crippen LogP contribution in [0.4, 0.5) is 4.39 Å². The molecule has 16 heavy (non-hydrogen) atoms. The van der Waals surface area contributed by atoms with Crippen LogP contribution in [0.1, 0.15) is 45.2 Å². The Morgan fingerprint density at radius 1 is 1.06 bits per heavy atom. The maximum atomic E-state index is 15.0. The summed E-state index contributed by atoms with van der Waals surface area (Å²) >= 11 is 0. The Kier molecular flexibility index (Phi) is 4.12. The van der Waals surface area contributed by atoms with Crippen molar-refractivity contribution in [1.82, 2.24) is 0 Å². The third kappa shape index (κ3) is 2.84. The van der Waals surface area contributed by atoms with Crippen LogP contribution in [0.15, 0.2) is 24.3 Å². The Balaban J connectivity index is 3.06. The second-order valence-corrected chi connectivity index (χ2v) is 5.48. The summed E-state index contributed by atoms with van der Waals surface area (Å²) < 4.78 is 15.0. The van der Waals surface area contributed by atoms with Gasteiger partial charge in [-0.1, -0.05) is 57.5 Å². The van der Waals surface area contributed by atoms with Crippen molar-refractivity contribution in [2.75, 3.05) is 0 Å². The van der Waals surface area contributed by atoms with Crippen LogP contribution in [0, 0.1) is 18.8 Å². The maximum Gasteiger partial charge on any atom is 0.138 e. The Bertz CT molecular complexity index is 324. The molecule has 0 N–H and O–H groups in total. The second kappa shape index (κ2) is 4.99. The van der Waals surface area contributed by atoms with Crippen LogP contribution in [0.2, 0.25) is 0 Å². The third-order valence-corrected chi connectivity index (χ3v) is 3.15. The summed E-state index contributed by atoms with van der Waals surface area (Å²) in [6.45, 7) is 10.1. The molecule has 1 atom stereocenters. The first-order valence-corrected chi connectivity index (χ1v) is 6.12. The third-order valence-electron chi connectivity index (χ3n) is 3.15. The summed E-state index contributed by atoms with van der Waals surface area (Å²) in [5.41, 5.74) is 0.809. The van der Waals surface area contributed by atoms with E-state index in [0.29, 0.717) is 12.3 Å². The first kappa shape index (κ1) is 13.2. The van der Waals surface area contributed by atoms with Gasteiger partial charge in [0, 0.05) is 0 Å². The fourth-order valence-electron chi connectivity index (χ4n) is 2.11. The molecule has 1 heteroatoms. The molecule has 0 aliphatic heterocycles. The minimum absolute atomic E-state index is 0.0117. The predicted octanol–water partition coefficient (Wildman–Crippen LogP) is 4.86. The first-order valence-electron chi connectivity index (χ1n) is 6.12. The minimum Gasteiger partial charge on any atom is -0.238 e. The van der Waals surface area contributed by atoms with E-state index >= 15 is 4.39 Å². The van der Waals surface area contributed by atoms with Crippen molar-refractivity contribution in [3.05, 3.63) is 35.4 Å². The van der Waals surface area contributed by atoms with Crippen molar-refractivity contribution in [2.24, 2.45) is 11.8 Å². The molecule has 0 aromatic heterocycles. The van der Waals surface area contributed by atoms with Crippen molar-refractivity contribution in [1.29, 1.82) is 0 Å². The lowest BCUT2D eigenvalue weighted by atomic mass is 9.79. The number of benzene rings is 1. The van der Waals surface area contributed by atoms with Crippen molar-refractivity contribution in [3.63, 3.8) is 0 Å². The fourth-order valence-corrected chi connectivity index (χ4v) is 2.11. The lowest BCUT2D eigenvalue weighted by Crippen LogP contribution is -2.28. The van der Waals surface area contributed by atoms with E-state index in [-0.39, 0.29) is 5.92 Å². The van der Waals surface area contributed by atoms with Crippen molar-refractivity contribution in [3.8, 4) is 0 Å². The van der Waals surface area contributed by atoms with Crippen molar-refractivity contribution in [2.45, 2.75) is 46.7 Å². The van der Waals surface area contributed by atoms with Crippen molar-refractivity contribution >= 4 is 0 Å². The lowest BCUT2D eigenvalue weighted by molar-refractivity contribution is 0.0712.